The van der Waals surface area contributed by atoms with Crippen LogP contribution in [0.4, 0.5) is 4.39 Å². The summed E-state index contributed by atoms with van der Waals surface area (Å²) in [6, 6.07) is 4.89. The molecular weight excluding hydrogens is 157 g/mol. The van der Waals surface area contributed by atoms with Gasteiger partial charge in [-0.05, 0) is 25.5 Å². The molecule has 0 radical (unpaired) electrons. The molecule has 1 atom stereocenters. The second-order valence-electron chi connectivity index (χ2n) is 2.75. The zero-order chi connectivity index (χ0) is 9.14. The zero-order valence-corrected chi connectivity index (χ0v) is 7.17. The van der Waals surface area contributed by atoms with Crippen LogP contribution >= 0.6 is 0 Å². The second-order valence-corrected chi connectivity index (χ2v) is 2.75. The summed E-state index contributed by atoms with van der Waals surface area (Å²) in [6.45, 7) is 3.54. The fourth-order valence-electron chi connectivity index (χ4n) is 1.23. The quantitative estimate of drug-likeness (QED) is 0.688. The van der Waals surface area contributed by atoms with Crippen LogP contribution in [0.2, 0.25) is 0 Å². The van der Waals surface area contributed by atoms with Crippen molar-refractivity contribution in [2.45, 2.75) is 20.0 Å². The first-order chi connectivity index (χ1) is 5.66. The van der Waals surface area contributed by atoms with Gasteiger partial charge in [-0.1, -0.05) is 12.1 Å². The van der Waals surface area contributed by atoms with Crippen LogP contribution in [0.15, 0.2) is 18.2 Å². The van der Waals surface area contributed by atoms with Gasteiger partial charge in [0.05, 0.1) is 0 Å². The highest BCUT2D eigenvalue weighted by molar-refractivity contribution is 5.28. The number of nitrogens with two attached hydrogens (primary N) is 1. The lowest BCUT2D eigenvalue weighted by atomic mass is 10.0. The van der Waals surface area contributed by atoms with Gasteiger partial charge in [-0.2, -0.15) is 0 Å². The van der Waals surface area contributed by atoms with Gasteiger partial charge in [0.15, 0.2) is 0 Å². The smallest absolute Gasteiger partial charge is 0.129 e. The standard InChI is InChI=1S/C9H12FNO/c1-6-4-3-5-8(10)9(6)7(2)12-11/h3-5,7H,11H2,1-2H3. The maximum Gasteiger partial charge on any atom is 0.129 e. The molecule has 0 saturated heterocycles. The van der Waals surface area contributed by atoms with E-state index in [4.69, 9.17) is 5.90 Å². The van der Waals surface area contributed by atoms with E-state index < -0.39 is 6.10 Å². The molecule has 0 fully saturated rings. The van der Waals surface area contributed by atoms with E-state index in [9.17, 15) is 4.39 Å². The number of aryl methyl sites for hydroxylation is 1. The molecule has 0 heterocycles. The van der Waals surface area contributed by atoms with E-state index in [1.54, 1.807) is 13.0 Å². The Morgan fingerprint density at radius 3 is 2.67 bits per heavy atom. The van der Waals surface area contributed by atoms with Gasteiger partial charge in [0, 0.05) is 5.56 Å². The second kappa shape index (κ2) is 3.65. The normalized spacial score (nSPS) is 13.0. The predicted molar refractivity (Wildman–Crippen MR) is 44.8 cm³/mol. The predicted octanol–water partition coefficient (Wildman–Crippen LogP) is 2.09. The third-order valence-electron chi connectivity index (χ3n) is 1.88. The minimum absolute atomic E-state index is 0.270. The Labute approximate surface area is 71.1 Å². The number of hydrogen-bond donors (Lipinski definition) is 1. The molecule has 2 N–H and O–H groups in total. The summed E-state index contributed by atoms with van der Waals surface area (Å²) < 4.78 is 13.2. The van der Waals surface area contributed by atoms with Crippen LogP contribution in [0.3, 0.4) is 0 Å². The maximum absolute atomic E-state index is 13.2. The molecule has 1 aromatic carbocycles. The van der Waals surface area contributed by atoms with Crippen LogP contribution in [-0.4, -0.2) is 0 Å². The molecule has 0 saturated carbocycles. The molecule has 66 valence electrons. The third kappa shape index (κ3) is 1.62. The zero-order valence-electron chi connectivity index (χ0n) is 7.17. The van der Waals surface area contributed by atoms with Crippen LogP contribution in [0, 0.1) is 12.7 Å². The third-order valence-corrected chi connectivity index (χ3v) is 1.88. The van der Waals surface area contributed by atoms with E-state index in [0.717, 1.165) is 5.56 Å². The van der Waals surface area contributed by atoms with Crippen molar-refractivity contribution in [3.63, 3.8) is 0 Å². The minimum atomic E-state index is -0.397. The van der Waals surface area contributed by atoms with Crippen molar-refractivity contribution in [2.24, 2.45) is 5.90 Å². The molecule has 12 heavy (non-hydrogen) atoms. The average Bonchev–Trinajstić information content (AvgIpc) is 2.03. The lowest BCUT2D eigenvalue weighted by Crippen LogP contribution is -2.08. The van der Waals surface area contributed by atoms with Crippen LogP contribution in [0.25, 0.3) is 0 Å². The molecule has 2 nitrogen and oxygen atoms in total. The number of halogens is 1. The molecule has 3 heteroatoms. The summed E-state index contributed by atoms with van der Waals surface area (Å²) in [5, 5.41) is 0. The van der Waals surface area contributed by atoms with Gasteiger partial charge in [0.1, 0.15) is 11.9 Å². The summed E-state index contributed by atoms with van der Waals surface area (Å²) in [4.78, 5) is 4.56. The largest absolute Gasteiger partial charge is 0.297 e. The summed E-state index contributed by atoms with van der Waals surface area (Å²) in [7, 11) is 0. The van der Waals surface area contributed by atoms with Gasteiger partial charge in [0.2, 0.25) is 0 Å². The molecule has 0 bridgehead atoms. The highest BCUT2D eigenvalue weighted by Crippen LogP contribution is 2.22. The molecule has 0 aliphatic rings. The highest BCUT2D eigenvalue weighted by atomic mass is 19.1. The van der Waals surface area contributed by atoms with E-state index >= 15 is 0 Å². The lowest BCUT2D eigenvalue weighted by molar-refractivity contribution is 0.0634. The van der Waals surface area contributed by atoms with Gasteiger partial charge in [0.25, 0.3) is 0 Å². The van der Waals surface area contributed by atoms with Crippen molar-refractivity contribution >= 4 is 0 Å². The van der Waals surface area contributed by atoms with Crippen molar-refractivity contribution in [3.8, 4) is 0 Å². The van der Waals surface area contributed by atoms with E-state index in [-0.39, 0.29) is 5.82 Å². The van der Waals surface area contributed by atoms with Crippen molar-refractivity contribution in [3.05, 3.63) is 35.1 Å². The van der Waals surface area contributed by atoms with Crippen molar-refractivity contribution in [1.29, 1.82) is 0 Å². The Morgan fingerprint density at radius 1 is 1.50 bits per heavy atom. The van der Waals surface area contributed by atoms with Gasteiger partial charge in [-0.25, -0.2) is 10.3 Å². The first-order valence-corrected chi connectivity index (χ1v) is 3.77. The fourth-order valence-corrected chi connectivity index (χ4v) is 1.23. The SMILES string of the molecule is Cc1cccc(F)c1C(C)ON. The Bertz CT molecular complexity index is 255. The van der Waals surface area contributed by atoms with Crippen LogP contribution < -0.4 is 5.90 Å². The fraction of sp³-hybridized carbons (Fsp3) is 0.333. The lowest BCUT2D eigenvalue weighted by Gasteiger charge is -2.12. The molecule has 0 amide bonds. The minimum Gasteiger partial charge on any atom is -0.297 e. The van der Waals surface area contributed by atoms with Crippen molar-refractivity contribution in [1.82, 2.24) is 0 Å². The van der Waals surface area contributed by atoms with Gasteiger partial charge >= 0.3 is 0 Å². The average molecular weight is 169 g/mol. The molecule has 1 unspecified atom stereocenters. The van der Waals surface area contributed by atoms with E-state index in [2.05, 4.69) is 4.84 Å². The Morgan fingerprint density at radius 2 is 2.17 bits per heavy atom. The van der Waals surface area contributed by atoms with E-state index in [0.29, 0.717) is 5.56 Å². The maximum atomic E-state index is 13.2. The summed E-state index contributed by atoms with van der Waals surface area (Å²) in [5.74, 6) is 4.70. The van der Waals surface area contributed by atoms with Crippen LogP contribution in [0.1, 0.15) is 24.2 Å². The van der Waals surface area contributed by atoms with Gasteiger partial charge < -0.3 is 0 Å². The van der Waals surface area contributed by atoms with Gasteiger partial charge in [-0.15, -0.1) is 0 Å². The highest BCUT2D eigenvalue weighted by Gasteiger charge is 2.12. The van der Waals surface area contributed by atoms with Gasteiger partial charge in [-0.3, -0.25) is 4.84 Å². The van der Waals surface area contributed by atoms with Crippen molar-refractivity contribution in [2.75, 3.05) is 0 Å². The first kappa shape index (κ1) is 9.16. The molecule has 0 aliphatic carbocycles. The van der Waals surface area contributed by atoms with Crippen LogP contribution in [0.5, 0.6) is 0 Å². The number of hydrogen-bond acceptors (Lipinski definition) is 2. The molecule has 1 aromatic rings. The molecule has 0 spiro atoms. The molecule has 0 aliphatic heterocycles. The van der Waals surface area contributed by atoms with E-state index in [1.165, 1.54) is 6.07 Å². The monoisotopic (exact) mass is 169 g/mol. The molecule has 1 rings (SSSR count). The molecule has 0 aromatic heterocycles. The topological polar surface area (TPSA) is 35.2 Å². The summed E-state index contributed by atoms with van der Waals surface area (Å²) >= 11 is 0. The Hall–Kier alpha value is -0.930. The Kier molecular flexibility index (Phi) is 2.78. The summed E-state index contributed by atoms with van der Waals surface area (Å²) in [5.41, 5.74) is 1.38. The van der Waals surface area contributed by atoms with E-state index in [1.807, 2.05) is 13.0 Å². The van der Waals surface area contributed by atoms with Crippen molar-refractivity contribution < 1.29 is 9.23 Å². The first-order valence-electron chi connectivity index (χ1n) is 3.77. The molecular formula is C9H12FNO. The Balaban J connectivity index is 3.12. The van der Waals surface area contributed by atoms with Crippen LogP contribution in [-0.2, 0) is 4.84 Å². The number of benzene rings is 1. The number of rotatable bonds is 2. The summed E-state index contributed by atoms with van der Waals surface area (Å²) in [6.07, 6.45) is -0.397.